The molecule has 0 saturated heterocycles. The molecule has 3 nitrogen and oxygen atoms in total. The summed E-state index contributed by atoms with van der Waals surface area (Å²) in [6.45, 7) is 11.0. The highest BCUT2D eigenvalue weighted by Gasteiger charge is 2.40. The molecule has 1 aliphatic carbocycles. The van der Waals surface area contributed by atoms with Crippen LogP contribution in [0.4, 0.5) is 0 Å². The van der Waals surface area contributed by atoms with Gasteiger partial charge < -0.3 is 13.9 Å². The van der Waals surface area contributed by atoms with E-state index in [1.54, 1.807) is 14.2 Å². The van der Waals surface area contributed by atoms with Crippen LogP contribution in [0.1, 0.15) is 38.5 Å². The Hall–Kier alpha value is -0.163. The minimum absolute atomic E-state index is 0.141. The van der Waals surface area contributed by atoms with Gasteiger partial charge in [-0.3, -0.25) is 0 Å². The van der Waals surface area contributed by atoms with Crippen molar-refractivity contribution in [1.29, 1.82) is 0 Å². The molecule has 0 aromatic heterocycles. The highest BCUT2D eigenvalue weighted by molar-refractivity contribution is 6.69. The van der Waals surface area contributed by atoms with Crippen LogP contribution in [-0.2, 0) is 13.9 Å². The van der Waals surface area contributed by atoms with E-state index in [1.807, 2.05) is 0 Å². The molecule has 0 amide bonds. The fraction of sp³-hybridized carbons (Fsp3) is 0.867. The lowest BCUT2D eigenvalue weighted by Gasteiger charge is -2.44. The van der Waals surface area contributed by atoms with Gasteiger partial charge in [0.2, 0.25) is 0 Å². The molecular weight excluding hydrogens is 256 g/mol. The average Bonchev–Trinajstić information content (AvgIpc) is 2.32. The lowest BCUT2D eigenvalue weighted by atomic mass is 9.78. The average molecular weight is 286 g/mol. The summed E-state index contributed by atoms with van der Waals surface area (Å²) in [5.74, 6) is 0. The molecule has 19 heavy (non-hydrogen) atoms. The zero-order chi connectivity index (χ0) is 14.5. The molecule has 1 atom stereocenters. The predicted octanol–water partition coefficient (Wildman–Crippen LogP) is 4.11. The van der Waals surface area contributed by atoms with Crippen LogP contribution in [-0.4, -0.2) is 34.4 Å². The summed E-state index contributed by atoms with van der Waals surface area (Å²) in [7, 11) is 1.79. The van der Waals surface area contributed by atoms with Crippen LogP contribution in [0, 0.1) is 0 Å². The number of methoxy groups -OCH3 is 2. The molecule has 0 N–H and O–H groups in total. The Bertz CT molecular complexity index is 294. The van der Waals surface area contributed by atoms with Crippen LogP contribution < -0.4 is 0 Å². The molecular formula is C15H30O3Si. The summed E-state index contributed by atoms with van der Waals surface area (Å²) >= 11 is 0. The fourth-order valence-electron chi connectivity index (χ4n) is 2.90. The SMILES string of the molecule is C=C1CCCCC1(CCC(OC)OC)O[Si](C)(C)C. The molecule has 1 rings (SSSR count). The number of hydrogen-bond acceptors (Lipinski definition) is 3. The van der Waals surface area contributed by atoms with Gasteiger partial charge in [-0.05, 0) is 57.3 Å². The maximum atomic E-state index is 6.55. The zero-order valence-corrected chi connectivity index (χ0v) is 14.3. The molecule has 1 unspecified atom stereocenters. The second kappa shape index (κ2) is 7.02. The van der Waals surface area contributed by atoms with Crippen molar-refractivity contribution in [2.75, 3.05) is 14.2 Å². The van der Waals surface area contributed by atoms with Crippen molar-refractivity contribution in [3.05, 3.63) is 12.2 Å². The van der Waals surface area contributed by atoms with Crippen molar-refractivity contribution in [3.8, 4) is 0 Å². The van der Waals surface area contributed by atoms with Crippen molar-refractivity contribution >= 4 is 8.32 Å². The third-order valence-corrected chi connectivity index (χ3v) is 4.77. The largest absolute Gasteiger partial charge is 0.408 e. The van der Waals surface area contributed by atoms with E-state index in [0.717, 1.165) is 25.7 Å². The molecule has 0 bridgehead atoms. The third kappa shape index (κ3) is 5.03. The monoisotopic (exact) mass is 286 g/mol. The summed E-state index contributed by atoms with van der Waals surface area (Å²) in [4.78, 5) is 0. The van der Waals surface area contributed by atoms with Gasteiger partial charge in [0.05, 0.1) is 5.60 Å². The molecule has 0 heterocycles. The minimum Gasteiger partial charge on any atom is -0.408 e. The molecule has 0 aromatic rings. The van der Waals surface area contributed by atoms with Crippen LogP contribution in [0.2, 0.25) is 19.6 Å². The zero-order valence-electron chi connectivity index (χ0n) is 13.3. The van der Waals surface area contributed by atoms with E-state index < -0.39 is 8.32 Å². The summed E-state index contributed by atoms with van der Waals surface area (Å²) in [6, 6.07) is 0. The van der Waals surface area contributed by atoms with Gasteiger partial charge in [0, 0.05) is 20.6 Å². The van der Waals surface area contributed by atoms with Gasteiger partial charge in [-0.25, -0.2) is 0 Å². The molecule has 0 spiro atoms. The van der Waals surface area contributed by atoms with Crippen LogP contribution >= 0.6 is 0 Å². The van der Waals surface area contributed by atoms with Crippen LogP contribution in [0.5, 0.6) is 0 Å². The van der Waals surface area contributed by atoms with Gasteiger partial charge in [0.15, 0.2) is 14.6 Å². The van der Waals surface area contributed by atoms with Crippen molar-refractivity contribution in [2.45, 2.75) is 70.1 Å². The Kier molecular flexibility index (Phi) is 6.24. The smallest absolute Gasteiger partial charge is 0.184 e. The fourth-order valence-corrected chi connectivity index (χ4v) is 4.42. The van der Waals surface area contributed by atoms with E-state index in [0.29, 0.717) is 0 Å². The first kappa shape index (κ1) is 16.9. The van der Waals surface area contributed by atoms with Crippen LogP contribution in [0.15, 0.2) is 12.2 Å². The van der Waals surface area contributed by atoms with E-state index in [-0.39, 0.29) is 11.9 Å². The molecule has 0 radical (unpaired) electrons. The van der Waals surface area contributed by atoms with Gasteiger partial charge in [-0.2, -0.15) is 0 Å². The van der Waals surface area contributed by atoms with Crippen molar-refractivity contribution in [3.63, 3.8) is 0 Å². The quantitative estimate of drug-likeness (QED) is 0.400. The predicted molar refractivity (Wildman–Crippen MR) is 81.8 cm³/mol. The van der Waals surface area contributed by atoms with Gasteiger partial charge in [0.25, 0.3) is 0 Å². The van der Waals surface area contributed by atoms with Crippen molar-refractivity contribution in [2.24, 2.45) is 0 Å². The normalized spacial score (nSPS) is 25.1. The Morgan fingerprint density at radius 2 is 1.84 bits per heavy atom. The molecule has 112 valence electrons. The molecule has 1 aliphatic rings. The topological polar surface area (TPSA) is 27.7 Å². The third-order valence-electron chi connectivity index (χ3n) is 3.76. The van der Waals surface area contributed by atoms with Crippen LogP contribution in [0.3, 0.4) is 0 Å². The Labute approximate surface area is 119 Å². The van der Waals surface area contributed by atoms with Gasteiger partial charge in [0.1, 0.15) is 0 Å². The molecule has 1 saturated carbocycles. The molecule has 0 aromatic carbocycles. The van der Waals surface area contributed by atoms with E-state index in [4.69, 9.17) is 13.9 Å². The number of rotatable bonds is 7. The first-order chi connectivity index (χ1) is 8.83. The van der Waals surface area contributed by atoms with Crippen molar-refractivity contribution in [1.82, 2.24) is 0 Å². The van der Waals surface area contributed by atoms with Gasteiger partial charge in [-0.1, -0.05) is 6.58 Å². The highest BCUT2D eigenvalue weighted by atomic mass is 28.4. The van der Waals surface area contributed by atoms with E-state index in [2.05, 4.69) is 26.2 Å². The highest BCUT2D eigenvalue weighted by Crippen LogP contribution is 2.41. The molecule has 1 fully saturated rings. The summed E-state index contributed by atoms with van der Waals surface area (Å²) in [6.07, 6.45) is 6.32. The first-order valence-electron chi connectivity index (χ1n) is 7.27. The number of ether oxygens (including phenoxy) is 2. The van der Waals surface area contributed by atoms with Gasteiger partial charge >= 0.3 is 0 Å². The minimum atomic E-state index is -1.59. The Balaban J connectivity index is 2.77. The van der Waals surface area contributed by atoms with E-state index in [1.165, 1.54) is 18.4 Å². The van der Waals surface area contributed by atoms with E-state index >= 15 is 0 Å². The standard InChI is InChI=1S/C15H30O3Si/c1-13-9-7-8-11-15(13,18-19(4,5)6)12-10-14(16-2)17-3/h14H,1,7-12H2,2-6H3. The van der Waals surface area contributed by atoms with Crippen molar-refractivity contribution < 1.29 is 13.9 Å². The maximum Gasteiger partial charge on any atom is 0.184 e. The maximum absolute atomic E-state index is 6.55. The Morgan fingerprint density at radius 1 is 1.21 bits per heavy atom. The lowest BCUT2D eigenvalue weighted by molar-refractivity contribution is -0.114. The summed E-state index contributed by atoms with van der Waals surface area (Å²) in [5, 5.41) is 0. The van der Waals surface area contributed by atoms with Gasteiger partial charge in [-0.15, -0.1) is 0 Å². The second-order valence-corrected chi connectivity index (χ2v) is 10.9. The molecule has 0 aliphatic heterocycles. The molecule has 4 heteroatoms. The lowest BCUT2D eigenvalue weighted by Crippen LogP contribution is -2.46. The second-order valence-electron chi connectivity index (χ2n) is 6.46. The summed E-state index contributed by atoms with van der Waals surface area (Å²) in [5.41, 5.74) is 1.13. The Morgan fingerprint density at radius 3 is 2.32 bits per heavy atom. The number of hydrogen-bond donors (Lipinski definition) is 0. The first-order valence-corrected chi connectivity index (χ1v) is 10.7. The van der Waals surface area contributed by atoms with Crippen LogP contribution in [0.25, 0.3) is 0 Å². The van der Waals surface area contributed by atoms with E-state index in [9.17, 15) is 0 Å². The summed E-state index contributed by atoms with van der Waals surface area (Å²) < 4.78 is 17.2.